The van der Waals surface area contributed by atoms with Crippen molar-refractivity contribution in [1.29, 1.82) is 0 Å². The maximum atomic E-state index is 11.8. The van der Waals surface area contributed by atoms with Crippen molar-refractivity contribution in [2.24, 2.45) is 0 Å². The molecular weight excluding hydrogens is 230 g/mol. The van der Waals surface area contributed by atoms with Crippen LogP contribution < -0.4 is 5.32 Å². The lowest BCUT2D eigenvalue weighted by molar-refractivity contribution is 0.147. The first-order chi connectivity index (χ1) is 8.54. The summed E-state index contributed by atoms with van der Waals surface area (Å²) in [7, 11) is 5.34. The maximum absolute atomic E-state index is 11.8. The van der Waals surface area contributed by atoms with Gasteiger partial charge in [-0.05, 0) is 26.2 Å². The molecule has 1 N–H and O–H groups in total. The molecular formula is C13H27N3O2. The Bertz CT molecular complexity index is 251. The number of amides is 2. The molecule has 1 unspecified atom stereocenters. The van der Waals surface area contributed by atoms with Crippen molar-refractivity contribution < 1.29 is 9.53 Å². The summed E-state index contributed by atoms with van der Waals surface area (Å²) in [6.45, 7) is 4.69. The minimum absolute atomic E-state index is 0.126. The molecule has 0 aromatic rings. The topological polar surface area (TPSA) is 44.8 Å². The molecule has 0 aliphatic carbocycles. The van der Waals surface area contributed by atoms with Gasteiger partial charge >= 0.3 is 6.03 Å². The molecule has 1 rings (SSSR count). The average molecular weight is 257 g/mol. The van der Waals surface area contributed by atoms with E-state index in [1.54, 1.807) is 26.1 Å². The Hall–Kier alpha value is -0.810. The summed E-state index contributed by atoms with van der Waals surface area (Å²) in [5.41, 5.74) is 0. The zero-order valence-corrected chi connectivity index (χ0v) is 12.1. The summed E-state index contributed by atoms with van der Waals surface area (Å²) >= 11 is 0. The number of piperidine rings is 1. The Kier molecular flexibility index (Phi) is 6.43. The van der Waals surface area contributed by atoms with Gasteiger partial charge in [-0.1, -0.05) is 0 Å². The Labute approximate surface area is 110 Å². The number of urea groups is 1. The van der Waals surface area contributed by atoms with Crippen molar-refractivity contribution >= 4 is 6.03 Å². The molecule has 1 heterocycles. The number of rotatable bonds is 5. The van der Waals surface area contributed by atoms with Crippen molar-refractivity contribution in [3.8, 4) is 0 Å². The van der Waals surface area contributed by atoms with E-state index in [2.05, 4.69) is 12.2 Å². The minimum Gasteiger partial charge on any atom is -0.385 e. The third-order valence-electron chi connectivity index (χ3n) is 3.42. The number of hydrogen-bond acceptors (Lipinski definition) is 3. The zero-order valence-electron chi connectivity index (χ0n) is 12.1. The van der Waals surface area contributed by atoms with E-state index in [4.69, 9.17) is 4.74 Å². The highest BCUT2D eigenvalue weighted by atomic mass is 16.5. The van der Waals surface area contributed by atoms with E-state index < -0.39 is 0 Å². The highest BCUT2D eigenvalue weighted by Crippen LogP contribution is 2.12. The van der Waals surface area contributed by atoms with Crippen LogP contribution in [0.2, 0.25) is 0 Å². The van der Waals surface area contributed by atoms with Gasteiger partial charge in [-0.3, -0.25) is 0 Å². The van der Waals surface area contributed by atoms with Gasteiger partial charge < -0.3 is 19.9 Å². The molecule has 0 aromatic heterocycles. The molecule has 18 heavy (non-hydrogen) atoms. The molecule has 1 aliphatic rings. The molecule has 0 bridgehead atoms. The van der Waals surface area contributed by atoms with Gasteiger partial charge in [0.1, 0.15) is 0 Å². The first kappa shape index (κ1) is 15.2. The first-order valence-electron chi connectivity index (χ1n) is 6.75. The molecule has 0 saturated carbocycles. The van der Waals surface area contributed by atoms with Crippen LogP contribution in [0.3, 0.4) is 0 Å². The third-order valence-corrected chi connectivity index (χ3v) is 3.42. The number of methoxy groups -OCH3 is 1. The van der Waals surface area contributed by atoms with Gasteiger partial charge in [0.15, 0.2) is 0 Å². The normalized spacial score (nSPS) is 18.8. The average Bonchev–Trinajstić information content (AvgIpc) is 2.36. The van der Waals surface area contributed by atoms with E-state index in [-0.39, 0.29) is 6.03 Å². The van der Waals surface area contributed by atoms with Crippen LogP contribution in [0, 0.1) is 0 Å². The number of carbonyl (C=O) groups excluding carboxylic acids is 1. The molecule has 1 saturated heterocycles. The van der Waals surface area contributed by atoms with Crippen LogP contribution in [0.25, 0.3) is 0 Å². The molecule has 0 aromatic carbocycles. The van der Waals surface area contributed by atoms with Crippen LogP contribution in [0.1, 0.15) is 26.2 Å². The van der Waals surface area contributed by atoms with Crippen molar-refractivity contribution in [3.63, 3.8) is 0 Å². The number of nitrogens with one attached hydrogen (secondary N) is 1. The van der Waals surface area contributed by atoms with E-state index in [1.807, 2.05) is 4.90 Å². The van der Waals surface area contributed by atoms with Crippen molar-refractivity contribution in [2.75, 3.05) is 40.9 Å². The first-order valence-corrected chi connectivity index (χ1v) is 6.75. The number of nitrogens with zero attached hydrogens (tertiary/aromatic N) is 2. The van der Waals surface area contributed by atoms with Gasteiger partial charge in [-0.25, -0.2) is 4.79 Å². The van der Waals surface area contributed by atoms with Crippen LogP contribution in [-0.2, 0) is 4.74 Å². The van der Waals surface area contributed by atoms with E-state index >= 15 is 0 Å². The highest BCUT2D eigenvalue weighted by molar-refractivity contribution is 5.73. The fourth-order valence-corrected chi connectivity index (χ4v) is 2.30. The number of hydrogen-bond donors (Lipinski definition) is 1. The number of ether oxygens (including phenoxy) is 1. The molecule has 0 radical (unpaired) electrons. The molecule has 2 amide bonds. The summed E-state index contributed by atoms with van der Waals surface area (Å²) in [6.07, 6.45) is 3.11. The maximum Gasteiger partial charge on any atom is 0.319 e. The van der Waals surface area contributed by atoms with Gasteiger partial charge in [-0.15, -0.1) is 0 Å². The molecule has 1 fully saturated rings. The summed E-state index contributed by atoms with van der Waals surface area (Å²) in [5.74, 6) is 0. The van der Waals surface area contributed by atoms with Gasteiger partial charge in [0.25, 0.3) is 0 Å². The Balaban J connectivity index is 2.25. The lowest BCUT2D eigenvalue weighted by Gasteiger charge is -2.35. The van der Waals surface area contributed by atoms with Gasteiger partial charge in [0.05, 0.1) is 0 Å². The van der Waals surface area contributed by atoms with Gasteiger partial charge in [0.2, 0.25) is 0 Å². The third kappa shape index (κ3) is 4.82. The predicted molar refractivity (Wildman–Crippen MR) is 72.8 cm³/mol. The van der Waals surface area contributed by atoms with Crippen LogP contribution >= 0.6 is 0 Å². The van der Waals surface area contributed by atoms with Crippen molar-refractivity contribution in [1.82, 2.24) is 15.1 Å². The highest BCUT2D eigenvalue weighted by Gasteiger charge is 2.24. The number of carbonyl (C=O) groups is 1. The molecule has 106 valence electrons. The lowest BCUT2D eigenvalue weighted by Crippen LogP contribution is -2.49. The summed E-state index contributed by atoms with van der Waals surface area (Å²) < 4.78 is 5.08. The molecule has 5 nitrogen and oxygen atoms in total. The number of likely N-dealkylation sites (tertiary alicyclic amines) is 1. The summed E-state index contributed by atoms with van der Waals surface area (Å²) in [4.78, 5) is 15.4. The van der Waals surface area contributed by atoms with Crippen LogP contribution in [0.15, 0.2) is 0 Å². The standard InChI is InChI=1S/C13H27N3O2/c1-11(7-10-18-4)14-12-5-8-16(9-6-12)13(17)15(2)3/h11-12,14H,5-10H2,1-4H3. The molecule has 1 atom stereocenters. The molecule has 0 spiro atoms. The molecule has 5 heteroatoms. The van der Waals surface area contributed by atoms with Crippen molar-refractivity contribution in [2.45, 2.75) is 38.3 Å². The van der Waals surface area contributed by atoms with Gasteiger partial charge in [-0.2, -0.15) is 0 Å². The van der Waals surface area contributed by atoms with Crippen molar-refractivity contribution in [3.05, 3.63) is 0 Å². The summed E-state index contributed by atoms with van der Waals surface area (Å²) in [5, 5.41) is 3.61. The van der Waals surface area contributed by atoms with E-state index in [0.29, 0.717) is 12.1 Å². The van der Waals surface area contributed by atoms with Crippen LogP contribution in [0.5, 0.6) is 0 Å². The molecule has 1 aliphatic heterocycles. The van der Waals surface area contributed by atoms with E-state index in [1.165, 1.54) is 0 Å². The monoisotopic (exact) mass is 257 g/mol. The Morgan fingerprint density at radius 3 is 2.56 bits per heavy atom. The fourth-order valence-electron chi connectivity index (χ4n) is 2.30. The van der Waals surface area contributed by atoms with Crippen LogP contribution in [0.4, 0.5) is 4.79 Å². The second-order valence-corrected chi connectivity index (χ2v) is 5.29. The summed E-state index contributed by atoms with van der Waals surface area (Å²) in [6, 6.07) is 1.13. The van der Waals surface area contributed by atoms with E-state index in [0.717, 1.165) is 39.0 Å². The Morgan fingerprint density at radius 2 is 2.06 bits per heavy atom. The second kappa shape index (κ2) is 7.59. The quantitative estimate of drug-likeness (QED) is 0.803. The van der Waals surface area contributed by atoms with Gasteiger partial charge in [0, 0.05) is 53.0 Å². The SMILES string of the molecule is COCCC(C)NC1CCN(C(=O)N(C)C)CC1. The zero-order chi connectivity index (χ0) is 13.5. The second-order valence-electron chi connectivity index (χ2n) is 5.29. The Morgan fingerprint density at radius 1 is 1.44 bits per heavy atom. The largest absolute Gasteiger partial charge is 0.385 e. The lowest BCUT2D eigenvalue weighted by atomic mass is 10.0. The smallest absolute Gasteiger partial charge is 0.319 e. The minimum atomic E-state index is 0.126. The van der Waals surface area contributed by atoms with E-state index in [9.17, 15) is 4.79 Å². The fraction of sp³-hybridized carbons (Fsp3) is 0.923. The van der Waals surface area contributed by atoms with Crippen LogP contribution in [-0.4, -0.2) is 68.8 Å². The predicted octanol–water partition coefficient (Wildman–Crippen LogP) is 1.15.